The van der Waals surface area contributed by atoms with Crippen molar-refractivity contribution < 1.29 is 4.74 Å². The average molecular weight is 298 g/mol. The van der Waals surface area contributed by atoms with Crippen molar-refractivity contribution >= 4 is 0 Å². The lowest BCUT2D eigenvalue weighted by molar-refractivity contribution is 0.0920. The zero-order valence-electron chi connectivity index (χ0n) is 13.2. The van der Waals surface area contributed by atoms with Crippen molar-refractivity contribution in [2.24, 2.45) is 0 Å². The highest BCUT2D eigenvalue weighted by Crippen LogP contribution is 2.20. The number of likely N-dealkylation sites (tertiary alicyclic amines) is 1. The van der Waals surface area contributed by atoms with Gasteiger partial charge in [-0.25, -0.2) is 4.98 Å². The van der Waals surface area contributed by atoms with Gasteiger partial charge in [-0.3, -0.25) is 14.9 Å². The summed E-state index contributed by atoms with van der Waals surface area (Å²) in [5, 5.41) is 0. The van der Waals surface area contributed by atoms with Crippen molar-refractivity contribution in [1.82, 2.24) is 19.9 Å². The van der Waals surface area contributed by atoms with Crippen LogP contribution in [0.1, 0.15) is 29.8 Å². The van der Waals surface area contributed by atoms with Gasteiger partial charge in [0.1, 0.15) is 6.10 Å². The van der Waals surface area contributed by atoms with Gasteiger partial charge in [0.2, 0.25) is 5.88 Å². The molecule has 3 heterocycles. The van der Waals surface area contributed by atoms with Crippen LogP contribution in [0.4, 0.5) is 0 Å². The standard InChI is InChI=1S/C17H22N4O/c1-13-10-19-14(2)17(20-13)22-16-5-8-21(9-6-16)12-15-4-3-7-18-11-15/h3-4,7,10-11,16H,5-6,8-9,12H2,1-2H3. The molecule has 1 saturated heterocycles. The van der Waals surface area contributed by atoms with E-state index in [0.29, 0.717) is 5.88 Å². The Morgan fingerprint density at radius 2 is 2.05 bits per heavy atom. The van der Waals surface area contributed by atoms with E-state index in [1.54, 1.807) is 6.20 Å². The zero-order chi connectivity index (χ0) is 15.4. The molecular weight excluding hydrogens is 276 g/mol. The molecule has 1 aliphatic rings. The minimum Gasteiger partial charge on any atom is -0.473 e. The molecule has 0 amide bonds. The van der Waals surface area contributed by atoms with Crippen LogP contribution in [-0.4, -0.2) is 39.0 Å². The van der Waals surface area contributed by atoms with Crippen LogP contribution in [0.3, 0.4) is 0 Å². The molecule has 0 saturated carbocycles. The first-order valence-corrected chi connectivity index (χ1v) is 7.79. The van der Waals surface area contributed by atoms with Gasteiger partial charge in [0, 0.05) is 38.2 Å². The second kappa shape index (κ2) is 6.83. The van der Waals surface area contributed by atoms with E-state index >= 15 is 0 Å². The van der Waals surface area contributed by atoms with Crippen molar-refractivity contribution in [3.8, 4) is 5.88 Å². The van der Waals surface area contributed by atoms with Gasteiger partial charge in [-0.1, -0.05) is 6.07 Å². The van der Waals surface area contributed by atoms with Gasteiger partial charge < -0.3 is 4.74 Å². The number of aromatic nitrogens is 3. The van der Waals surface area contributed by atoms with Gasteiger partial charge in [0.15, 0.2) is 0 Å². The molecule has 0 aliphatic carbocycles. The molecule has 1 aliphatic heterocycles. The molecule has 0 aromatic carbocycles. The van der Waals surface area contributed by atoms with E-state index in [-0.39, 0.29) is 6.10 Å². The smallest absolute Gasteiger partial charge is 0.235 e. The lowest BCUT2D eigenvalue weighted by Gasteiger charge is -2.32. The second-order valence-electron chi connectivity index (χ2n) is 5.86. The van der Waals surface area contributed by atoms with Gasteiger partial charge in [0.05, 0.1) is 11.4 Å². The number of ether oxygens (including phenoxy) is 1. The summed E-state index contributed by atoms with van der Waals surface area (Å²) >= 11 is 0. The maximum absolute atomic E-state index is 6.05. The Balaban J connectivity index is 1.52. The first kappa shape index (κ1) is 14.9. The van der Waals surface area contributed by atoms with Crippen LogP contribution in [0.25, 0.3) is 0 Å². The minimum absolute atomic E-state index is 0.236. The van der Waals surface area contributed by atoms with Crippen molar-refractivity contribution in [2.75, 3.05) is 13.1 Å². The van der Waals surface area contributed by atoms with Crippen LogP contribution in [0, 0.1) is 13.8 Å². The SMILES string of the molecule is Cc1cnc(C)c(OC2CCN(Cc3cccnc3)CC2)n1. The Hall–Kier alpha value is -2.01. The van der Waals surface area contributed by atoms with Gasteiger partial charge >= 0.3 is 0 Å². The van der Waals surface area contributed by atoms with Gasteiger partial charge in [0.25, 0.3) is 0 Å². The quantitative estimate of drug-likeness (QED) is 0.868. The van der Waals surface area contributed by atoms with Crippen LogP contribution in [0.2, 0.25) is 0 Å². The third-order valence-corrected chi connectivity index (χ3v) is 3.97. The summed E-state index contributed by atoms with van der Waals surface area (Å²) in [5.74, 6) is 0.686. The minimum atomic E-state index is 0.236. The highest BCUT2D eigenvalue weighted by atomic mass is 16.5. The first-order chi connectivity index (χ1) is 10.7. The number of rotatable bonds is 4. The molecule has 2 aromatic heterocycles. The average Bonchev–Trinajstić information content (AvgIpc) is 2.54. The summed E-state index contributed by atoms with van der Waals surface area (Å²) < 4.78 is 6.05. The number of hydrogen-bond acceptors (Lipinski definition) is 5. The van der Waals surface area contributed by atoms with Gasteiger partial charge in [-0.15, -0.1) is 0 Å². The topological polar surface area (TPSA) is 51.1 Å². The molecule has 116 valence electrons. The van der Waals surface area contributed by atoms with Crippen molar-refractivity contribution in [1.29, 1.82) is 0 Å². The Labute approximate surface area is 131 Å². The van der Waals surface area contributed by atoms with Gasteiger partial charge in [-0.05, 0) is 38.3 Å². The maximum atomic E-state index is 6.05. The summed E-state index contributed by atoms with van der Waals surface area (Å²) in [6.45, 7) is 6.93. The molecule has 0 radical (unpaired) electrons. The van der Waals surface area contributed by atoms with Crippen LogP contribution in [0.15, 0.2) is 30.7 Å². The highest BCUT2D eigenvalue weighted by molar-refractivity contribution is 5.18. The summed E-state index contributed by atoms with van der Waals surface area (Å²) in [6.07, 6.45) is 7.81. The molecule has 0 bridgehead atoms. The number of piperidine rings is 1. The summed E-state index contributed by atoms with van der Waals surface area (Å²) in [6, 6.07) is 4.12. The molecule has 5 heteroatoms. The third kappa shape index (κ3) is 3.80. The molecule has 3 rings (SSSR count). The molecule has 0 spiro atoms. The predicted octanol–water partition coefficient (Wildman–Crippen LogP) is 2.53. The van der Waals surface area contributed by atoms with E-state index in [2.05, 4.69) is 25.9 Å². The largest absolute Gasteiger partial charge is 0.473 e. The lowest BCUT2D eigenvalue weighted by atomic mass is 10.1. The van der Waals surface area contributed by atoms with Crippen LogP contribution in [0.5, 0.6) is 5.88 Å². The molecule has 2 aromatic rings. The van der Waals surface area contributed by atoms with Crippen LogP contribution in [-0.2, 0) is 6.54 Å². The van der Waals surface area contributed by atoms with E-state index in [9.17, 15) is 0 Å². The summed E-state index contributed by atoms with van der Waals surface area (Å²) in [5.41, 5.74) is 3.03. The predicted molar refractivity (Wildman–Crippen MR) is 84.7 cm³/mol. The van der Waals surface area contributed by atoms with E-state index < -0.39 is 0 Å². The Morgan fingerprint density at radius 1 is 1.23 bits per heavy atom. The molecule has 5 nitrogen and oxygen atoms in total. The number of pyridine rings is 1. The summed E-state index contributed by atoms with van der Waals surface area (Å²) in [4.78, 5) is 15.4. The number of hydrogen-bond donors (Lipinski definition) is 0. The fourth-order valence-electron chi connectivity index (χ4n) is 2.72. The van der Waals surface area contributed by atoms with Crippen LogP contribution >= 0.6 is 0 Å². The molecule has 0 atom stereocenters. The van der Waals surface area contributed by atoms with Crippen molar-refractivity contribution in [3.05, 3.63) is 47.7 Å². The van der Waals surface area contributed by atoms with E-state index in [1.165, 1.54) is 5.56 Å². The fourth-order valence-corrected chi connectivity index (χ4v) is 2.72. The fraction of sp³-hybridized carbons (Fsp3) is 0.471. The number of aryl methyl sites for hydroxylation is 2. The Morgan fingerprint density at radius 3 is 2.77 bits per heavy atom. The maximum Gasteiger partial charge on any atom is 0.235 e. The van der Waals surface area contributed by atoms with E-state index in [0.717, 1.165) is 43.9 Å². The molecule has 22 heavy (non-hydrogen) atoms. The number of nitrogens with zero attached hydrogens (tertiary/aromatic N) is 4. The molecule has 1 fully saturated rings. The first-order valence-electron chi connectivity index (χ1n) is 7.79. The van der Waals surface area contributed by atoms with E-state index in [1.807, 2.05) is 32.3 Å². The summed E-state index contributed by atoms with van der Waals surface area (Å²) in [7, 11) is 0. The van der Waals surface area contributed by atoms with Gasteiger partial charge in [-0.2, -0.15) is 0 Å². The lowest BCUT2D eigenvalue weighted by Crippen LogP contribution is -2.38. The molecule has 0 N–H and O–H groups in total. The Bertz CT molecular complexity index is 609. The van der Waals surface area contributed by atoms with Crippen molar-refractivity contribution in [3.63, 3.8) is 0 Å². The molecule has 0 unspecified atom stereocenters. The highest BCUT2D eigenvalue weighted by Gasteiger charge is 2.21. The monoisotopic (exact) mass is 298 g/mol. The molecular formula is C17H22N4O. The Kier molecular flexibility index (Phi) is 4.63. The van der Waals surface area contributed by atoms with E-state index in [4.69, 9.17) is 4.74 Å². The zero-order valence-corrected chi connectivity index (χ0v) is 13.2. The second-order valence-corrected chi connectivity index (χ2v) is 5.86. The normalized spacial score (nSPS) is 16.6. The van der Waals surface area contributed by atoms with Crippen molar-refractivity contribution in [2.45, 2.75) is 39.3 Å². The third-order valence-electron chi connectivity index (χ3n) is 3.97. The van der Waals surface area contributed by atoms with Crippen LogP contribution < -0.4 is 4.74 Å².